The van der Waals surface area contributed by atoms with Gasteiger partial charge in [-0.25, -0.2) is 0 Å². The molecule has 1 amide bonds. The molecule has 4 nitrogen and oxygen atoms in total. The van der Waals surface area contributed by atoms with Crippen molar-refractivity contribution in [2.45, 2.75) is 45.6 Å². The lowest BCUT2D eigenvalue weighted by Crippen LogP contribution is -2.46. The molecule has 1 saturated heterocycles. The Labute approximate surface area is 110 Å². The van der Waals surface area contributed by atoms with Crippen LogP contribution in [0.5, 0.6) is 0 Å². The van der Waals surface area contributed by atoms with Gasteiger partial charge in [0.15, 0.2) is 0 Å². The first-order chi connectivity index (χ1) is 8.47. The number of carbonyl (C=O) groups is 1. The molecule has 104 valence electrons. The van der Waals surface area contributed by atoms with E-state index in [1.54, 1.807) is 0 Å². The Bertz CT molecular complexity index is 319. The molecule has 1 aliphatic carbocycles. The molecule has 3 atom stereocenters. The lowest BCUT2D eigenvalue weighted by molar-refractivity contribution is -0.132. The molecule has 1 spiro atoms. The fourth-order valence-corrected chi connectivity index (χ4v) is 3.47. The average Bonchev–Trinajstić information content (AvgIpc) is 2.95. The van der Waals surface area contributed by atoms with E-state index in [2.05, 4.69) is 0 Å². The van der Waals surface area contributed by atoms with Gasteiger partial charge in [-0.3, -0.25) is 4.79 Å². The third-order valence-electron chi connectivity index (χ3n) is 4.82. The molecule has 0 aromatic heterocycles. The lowest BCUT2D eigenvalue weighted by Gasteiger charge is -2.26. The predicted molar refractivity (Wildman–Crippen MR) is 70.9 cm³/mol. The van der Waals surface area contributed by atoms with E-state index in [0.717, 1.165) is 38.8 Å². The number of aliphatic hydroxyl groups is 1. The highest BCUT2D eigenvalue weighted by atomic mass is 16.3. The van der Waals surface area contributed by atoms with Gasteiger partial charge in [-0.2, -0.15) is 0 Å². The van der Waals surface area contributed by atoms with Crippen LogP contribution in [0, 0.1) is 17.3 Å². The molecule has 18 heavy (non-hydrogen) atoms. The standard InChI is InChI=1S/C14H26N2O2/c1-10(2)12(15)13(18)16-6-5-14(9-16)4-3-11(7-14)8-17/h10-12,17H,3-9,15H2,1-2H3/t11-,12-,14+/m1/s1. The average molecular weight is 254 g/mol. The van der Waals surface area contributed by atoms with Crippen molar-refractivity contribution in [1.82, 2.24) is 4.90 Å². The second kappa shape index (κ2) is 5.17. The first kappa shape index (κ1) is 13.8. The minimum Gasteiger partial charge on any atom is -0.396 e. The van der Waals surface area contributed by atoms with Gasteiger partial charge in [0.2, 0.25) is 5.91 Å². The number of likely N-dealkylation sites (tertiary alicyclic amines) is 1. The topological polar surface area (TPSA) is 66.6 Å². The van der Waals surface area contributed by atoms with Gasteiger partial charge in [0.25, 0.3) is 0 Å². The van der Waals surface area contributed by atoms with Crippen molar-refractivity contribution in [2.75, 3.05) is 19.7 Å². The van der Waals surface area contributed by atoms with Crippen LogP contribution in [0.15, 0.2) is 0 Å². The summed E-state index contributed by atoms with van der Waals surface area (Å²) in [5.74, 6) is 0.746. The van der Waals surface area contributed by atoms with Crippen molar-refractivity contribution in [1.29, 1.82) is 0 Å². The highest BCUT2D eigenvalue weighted by molar-refractivity contribution is 5.82. The van der Waals surface area contributed by atoms with Crippen LogP contribution in [0.25, 0.3) is 0 Å². The largest absolute Gasteiger partial charge is 0.396 e. The normalized spacial score (nSPS) is 33.6. The predicted octanol–water partition coefficient (Wildman–Crippen LogP) is 0.981. The summed E-state index contributed by atoms with van der Waals surface area (Å²) < 4.78 is 0. The number of aliphatic hydroxyl groups excluding tert-OH is 1. The number of hydrogen-bond acceptors (Lipinski definition) is 3. The Hall–Kier alpha value is -0.610. The van der Waals surface area contributed by atoms with Gasteiger partial charge in [0, 0.05) is 19.7 Å². The van der Waals surface area contributed by atoms with E-state index in [9.17, 15) is 9.90 Å². The smallest absolute Gasteiger partial charge is 0.239 e. The lowest BCUT2D eigenvalue weighted by atomic mass is 9.84. The maximum atomic E-state index is 12.2. The fourth-order valence-electron chi connectivity index (χ4n) is 3.47. The molecular formula is C14H26N2O2. The van der Waals surface area contributed by atoms with Crippen LogP contribution in [0.4, 0.5) is 0 Å². The van der Waals surface area contributed by atoms with E-state index in [-0.39, 0.29) is 23.3 Å². The Morgan fingerprint density at radius 2 is 2.22 bits per heavy atom. The first-order valence-corrected chi connectivity index (χ1v) is 7.13. The number of amides is 1. The Morgan fingerprint density at radius 1 is 1.50 bits per heavy atom. The molecule has 0 bridgehead atoms. The maximum Gasteiger partial charge on any atom is 0.239 e. The van der Waals surface area contributed by atoms with Gasteiger partial charge in [0.1, 0.15) is 0 Å². The van der Waals surface area contributed by atoms with Gasteiger partial charge >= 0.3 is 0 Å². The van der Waals surface area contributed by atoms with Crippen LogP contribution < -0.4 is 5.73 Å². The van der Waals surface area contributed by atoms with Crippen LogP contribution in [0.2, 0.25) is 0 Å². The molecule has 0 aromatic rings. The summed E-state index contributed by atoms with van der Waals surface area (Å²) in [6.45, 7) is 5.97. The van der Waals surface area contributed by atoms with Crippen LogP contribution in [0.3, 0.4) is 0 Å². The van der Waals surface area contributed by atoms with Crippen molar-refractivity contribution < 1.29 is 9.90 Å². The summed E-state index contributed by atoms with van der Waals surface area (Å²) in [5, 5.41) is 9.25. The number of rotatable bonds is 3. The third kappa shape index (κ3) is 2.54. The maximum absolute atomic E-state index is 12.2. The molecular weight excluding hydrogens is 228 g/mol. The fraction of sp³-hybridized carbons (Fsp3) is 0.929. The SMILES string of the molecule is CC(C)[C@@H](N)C(=O)N1CC[C@]2(CC[C@@H](CO)C2)C1. The van der Waals surface area contributed by atoms with Crippen LogP contribution in [-0.2, 0) is 4.79 Å². The van der Waals surface area contributed by atoms with Crippen molar-refractivity contribution in [3.8, 4) is 0 Å². The zero-order valence-electron chi connectivity index (χ0n) is 11.6. The molecule has 0 unspecified atom stereocenters. The second-order valence-electron chi connectivity index (χ2n) is 6.57. The Balaban J connectivity index is 1.94. The van der Waals surface area contributed by atoms with Crippen molar-refractivity contribution >= 4 is 5.91 Å². The Morgan fingerprint density at radius 3 is 2.78 bits per heavy atom. The van der Waals surface area contributed by atoms with Crippen LogP contribution >= 0.6 is 0 Å². The molecule has 2 fully saturated rings. The molecule has 0 radical (unpaired) electrons. The van der Waals surface area contributed by atoms with Gasteiger partial charge in [-0.15, -0.1) is 0 Å². The molecule has 3 N–H and O–H groups in total. The highest BCUT2D eigenvalue weighted by Crippen LogP contribution is 2.48. The minimum absolute atomic E-state index is 0.106. The quantitative estimate of drug-likeness (QED) is 0.789. The zero-order chi connectivity index (χ0) is 13.3. The number of nitrogens with two attached hydrogens (primary N) is 1. The monoisotopic (exact) mass is 254 g/mol. The second-order valence-corrected chi connectivity index (χ2v) is 6.57. The number of hydrogen-bond donors (Lipinski definition) is 2. The summed E-state index contributed by atoms with van der Waals surface area (Å²) in [7, 11) is 0. The summed E-state index contributed by atoms with van der Waals surface area (Å²) in [6, 6.07) is -0.366. The van der Waals surface area contributed by atoms with Gasteiger partial charge in [0.05, 0.1) is 6.04 Å². The first-order valence-electron chi connectivity index (χ1n) is 7.13. The van der Waals surface area contributed by atoms with Crippen LogP contribution in [0.1, 0.15) is 39.5 Å². The van der Waals surface area contributed by atoms with Crippen molar-refractivity contribution in [2.24, 2.45) is 23.0 Å². The number of nitrogens with zero attached hydrogens (tertiary/aromatic N) is 1. The summed E-state index contributed by atoms with van der Waals surface area (Å²) >= 11 is 0. The van der Waals surface area contributed by atoms with Crippen molar-refractivity contribution in [3.05, 3.63) is 0 Å². The van der Waals surface area contributed by atoms with Gasteiger partial charge < -0.3 is 15.7 Å². The van der Waals surface area contributed by atoms with Gasteiger partial charge in [-0.1, -0.05) is 13.8 Å². The van der Waals surface area contributed by atoms with Crippen molar-refractivity contribution in [3.63, 3.8) is 0 Å². The molecule has 1 heterocycles. The molecule has 1 saturated carbocycles. The zero-order valence-corrected chi connectivity index (χ0v) is 11.6. The molecule has 2 aliphatic rings. The van der Waals surface area contributed by atoms with Gasteiger partial charge in [-0.05, 0) is 42.9 Å². The van der Waals surface area contributed by atoms with E-state index in [1.165, 1.54) is 0 Å². The molecule has 4 heteroatoms. The van der Waals surface area contributed by atoms with E-state index in [4.69, 9.17) is 5.73 Å². The summed E-state index contributed by atoms with van der Waals surface area (Å²) in [5.41, 5.74) is 6.23. The highest BCUT2D eigenvalue weighted by Gasteiger charge is 2.45. The van der Waals surface area contributed by atoms with E-state index in [1.807, 2.05) is 18.7 Å². The molecule has 2 rings (SSSR count). The Kier molecular flexibility index (Phi) is 3.97. The molecule has 0 aromatic carbocycles. The van der Waals surface area contributed by atoms with E-state index in [0.29, 0.717) is 12.5 Å². The summed E-state index contributed by atoms with van der Waals surface area (Å²) in [4.78, 5) is 14.2. The minimum atomic E-state index is -0.366. The molecule has 1 aliphatic heterocycles. The van der Waals surface area contributed by atoms with Crippen LogP contribution in [-0.4, -0.2) is 41.7 Å². The number of carbonyl (C=O) groups excluding carboxylic acids is 1. The van der Waals surface area contributed by atoms with E-state index < -0.39 is 0 Å². The third-order valence-corrected chi connectivity index (χ3v) is 4.82. The van der Waals surface area contributed by atoms with E-state index >= 15 is 0 Å². The summed E-state index contributed by atoms with van der Waals surface area (Å²) in [6.07, 6.45) is 4.41.